The lowest BCUT2D eigenvalue weighted by molar-refractivity contribution is -0.121. The Morgan fingerprint density at radius 1 is 1.31 bits per heavy atom. The Balaban J connectivity index is 1.50. The smallest absolute Gasteiger partial charge is 0.226 e. The Morgan fingerprint density at radius 3 is 2.85 bits per heavy atom. The van der Waals surface area contributed by atoms with Crippen LogP contribution in [0.15, 0.2) is 35.8 Å². The molecular formula is C20H22ClN3OS. The monoisotopic (exact) mass is 387 g/mol. The maximum Gasteiger partial charge on any atom is 0.226 e. The van der Waals surface area contributed by atoms with E-state index in [4.69, 9.17) is 11.6 Å². The van der Waals surface area contributed by atoms with Crippen molar-refractivity contribution >= 4 is 33.8 Å². The van der Waals surface area contributed by atoms with Gasteiger partial charge in [-0.3, -0.25) is 9.20 Å². The van der Waals surface area contributed by atoms with Crippen LogP contribution in [0.3, 0.4) is 0 Å². The molecule has 1 aromatic carbocycles. The third kappa shape index (κ3) is 3.64. The van der Waals surface area contributed by atoms with Gasteiger partial charge in [-0.1, -0.05) is 43.5 Å². The fraction of sp³-hybridized carbons (Fsp3) is 0.400. The fourth-order valence-corrected chi connectivity index (χ4v) is 4.67. The molecule has 3 aromatic rings. The van der Waals surface area contributed by atoms with E-state index in [2.05, 4.69) is 17.2 Å². The van der Waals surface area contributed by atoms with E-state index in [0.717, 1.165) is 28.3 Å². The van der Waals surface area contributed by atoms with Crippen LogP contribution in [0.4, 0.5) is 0 Å². The maximum absolute atomic E-state index is 12.5. The van der Waals surface area contributed by atoms with Gasteiger partial charge in [0.05, 0.1) is 12.1 Å². The van der Waals surface area contributed by atoms with Gasteiger partial charge in [-0.15, -0.1) is 11.3 Å². The lowest BCUT2D eigenvalue weighted by Crippen LogP contribution is -2.41. The summed E-state index contributed by atoms with van der Waals surface area (Å²) in [4.78, 5) is 18.1. The van der Waals surface area contributed by atoms with Gasteiger partial charge in [0.1, 0.15) is 0 Å². The van der Waals surface area contributed by atoms with Gasteiger partial charge in [-0.2, -0.15) is 0 Å². The normalized spacial score (nSPS) is 20.4. The van der Waals surface area contributed by atoms with Crippen LogP contribution in [0.2, 0.25) is 5.02 Å². The Labute approximate surface area is 162 Å². The molecule has 1 saturated carbocycles. The minimum Gasteiger partial charge on any atom is -0.353 e. The number of thiazole rings is 1. The molecule has 2 heterocycles. The number of halogens is 1. The van der Waals surface area contributed by atoms with Crippen molar-refractivity contribution in [3.63, 3.8) is 0 Å². The zero-order chi connectivity index (χ0) is 18.1. The van der Waals surface area contributed by atoms with Crippen LogP contribution in [0.1, 0.15) is 38.3 Å². The molecule has 0 radical (unpaired) electrons. The summed E-state index contributed by atoms with van der Waals surface area (Å²) in [5, 5.41) is 5.97. The molecule has 0 saturated heterocycles. The molecule has 0 bridgehead atoms. The minimum absolute atomic E-state index is 0.102. The molecule has 1 amide bonds. The average Bonchev–Trinajstić information content (AvgIpc) is 3.20. The average molecular weight is 388 g/mol. The number of hydrogen-bond donors (Lipinski definition) is 1. The first-order valence-corrected chi connectivity index (χ1v) is 10.4. The summed E-state index contributed by atoms with van der Waals surface area (Å²) in [6.45, 7) is 2.24. The third-order valence-electron chi connectivity index (χ3n) is 5.22. The Bertz CT molecular complexity index is 915. The molecule has 1 N–H and O–H groups in total. The van der Waals surface area contributed by atoms with Crippen LogP contribution in [0, 0.1) is 5.92 Å². The molecular weight excluding hydrogens is 366 g/mol. The summed E-state index contributed by atoms with van der Waals surface area (Å²) in [6.07, 6.45) is 7.18. The highest BCUT2D eigenvalue weighted by molar-refractivity contribution is 7.15. The molecule has 136 valence electrons. The second kappa shape index (κ2) is 7.41. The molecule has 4 rings (SSSR count). The molecule has 26 heavy (non-hydrogen) atoms. The number of nitrogens with zero attached hydrogens (tertiary/aromatic N) is 2. The largest absolute Gasteiger partial charge is 0.353 e. The zero-order valence-corrected chi connectivity index (χ0v) is 16.3. The topological polar surface area (TPSA) is 46.4 Å². The summed E-state index contributed by atoms with van der Waals surface area (Å²) in [6, 6.07) is 7.98. The van der Waals surface area contributed by atoms with Crippen LogP contribution >= 0.6 is 22.9 Å². The molecule has 1 fully saturated rings. The standard InChI is InChI=1S/C20H22ClN3OS/c1-13-4-2-3-5-17(13)22-19(25)10-16-12-26-20-23-18(11-24(16)20)14-6-8-15(21)9-7-14/h6-9,11-13,17H,2-5,10H2,1H3,(H,22,25)/t13-,17+/m1/s1. The van der Waals surface area contributed by atoms with Gasteiger partial charge in [-0.25, -0.2) is 4.98 Å². The predicted octanol–water partition coefficient (Wildman–Crippen LogP) is 4.95. The third-order valence-corrected chi connectivity index (χ3v) is 6.36. The highest BCUT2D eigenvalue weighted by Crippen LogP contribution is 2.26. The second-order valence-electron chi connectivity index (χ2n) is 7.13. The molecule has 4 nitrogen and oxygen atoms in total. The first kappa shape index (κ1) is 17.6. The van der Waals surface area contributed by atoms with E-state index in [-0.39, 0.29) is 5.91 Å². The van der Waals surface area contributed by atoms with Crippen LogP contribution in [0.25, 0.3) is 16.2 Å². The van der Waals surface area contributed by atoms with Gasteiger partial charge in [0.15, 0.2) is 4.96 Å². The van der Waals surface area contributed by atoms with E-state index in [0.29, 0.717) is 23.4 Å². The minimum atomic E-state index is 0.102. The number of carbonyl (C=O) groups is 1. The van der Waals surface area contributed by atoms with Crippen molar-refractivity contribution in [1.29, 1.82) is 0 Å². The molecule has 0 unspecified atom stereocenters. The van der Waals surface area contributed by atoms with Crippen LogP contribution in [0.5, 0.6) is 0 Å². The quantitative estimate of drug-likeness (QED) is 0.688. The number of aromatic nitrogens is 2. The summed E-state index contributed by atoms with van der Waals surface area (Å²) < 4.78 is 2.03. The van der Waals surface area contributed by atoms with Crippen molar-refractivity contribution in [2.75, 3.05) is 0 Å². The van der Waals surface area contributed by atoms with Crippen molar-refractivity contribution in [3.8, 4) is 11.3 Å². The SMILES string of the molecule is C[C@@H]1CCCC[C@@H]1NC(=O)Cc1csc2nc(-c3ccc(Cl)cc3)cn12. The van der Waals surface area contributed by atoms with Gasteiger partial charge in [0, 0.05) is 33.9 Å². The second-order valence-corrected chi connectivity index (χ2v) is 8.40. The summed E-state index contributed by atoms with van der Waals surface area (Å²) >= 11 is 7.53. The Kier molecular flexibility index (Phi) is 5.00. The molecule has 1 aliphatic rings. The number of nitrogens with one attached hydrogen (secondary N) is 1. The van der Waals surface area contributed by atoms with Gasteiger partial charge >= 0.3 is 0 Å². The predicted molar refractivity (Wildman–Crippen MR) is 107 cm³/mol. The molecule has 2 atom stereocenters. The molecule has 2 aromatic heterocycles. The van der Waals surface area contributed by atoms with E-state index in [9.17, 15) is 4.79 Å². The van der Waals surface area contributed by atoms with E-state index < -0.39 is 0 Å². The van der Waals surface area contributed by atoms with E-state index in [1.54, 1.807) is 11.3 Å². The van der Waals surface area contributed by atoms with Crippen molar-refractivity contribution in [2.24, 2.45) is 5.92 Å². The molecule has 0 aliphatic heterocycles. The first-order valence-electron chi connectivity index (χ1n) is 9.11. The highest BCUT2D eigenvalue weighted by Gasteiger charge is 2.23. The van der Waals surface area contributed by atoms with Crippen molar-refractivity contribution < 1.29 is 4.79 Å². The number of fused-ring (bicyclic) bond motifs is 1. The fourth-order valence-electron chi connectivity index (χ4n) is 3.67. The summed E-state index contributed by atoms with van der Waals surface area (Å²) in [5.41, 5.74) is 2.91. The van der Waals surface area contributed by atoms with Gasteiger partial charge in [0.2, 0.25) is 5.91 Å². The van der Waals surface area contributed by atoms with Gasteiger partial charge in [0.25, 0.3) is 0 Å². The van der Waals surface area contributed by atoms with E-state index >= 15 is 0 Å². The van der Waals surface area contributed by atoms with E-state index in [1.807, 2.05) is 40.2 Å². The summed E-state index contributed by atoms with van der Waals surface area (Å²) in [5.74, 6) is 0.671. The molecule has 1 aliphatic carbocycles. The van der Waals surface area contributed by atoms with Gasteiger partial charge < -0.3 is 5.32 Å². The molecule has 6 heteroatoms. The lowest BCUT2D eigenvalue weighted by atomic mass is 9.86. The number of benzene rings is 1. The Hall–Kier alpha value is -1.85. The van der Waals surface area contributed by atoms with Gasteiger partial charge in [-0.05, 0) is 30.9 Å². The van der Waals surface area contributed by atoms with Crippen molar-refractivity contribution in [1.82, 2.24) is 14.7 Å². The van der Waals surface area contributed by atoms with Crippen molar-refractivity contribution in [3.05, 3.63) is 46.6 Å². The van der Waals surface area contributed by atoms with Crippen LogP contribution < -0.4 is 5.32 Å². The maximum atomic E-state index is 12.5. The number of amides is 1. The summed E-state index contributed by atoms with van der Waals surface area (Å²) in [7, 11) is 0. The number of rotatable bonds is 4. The molecule has 0 spiro atoms. The lowest BCUT2D eigenvalue weighted by Gasteiger charge is -2.29. The van der Waals surface area contributed by atoms with Crippen molar-refractivity contribution in [2.45, 2.75) is 45.1 Å². The number of carbonyl (C=O) groups excluding carboxylic acids is 1. The Morgan fingerprint density at radius 2 is 2.08 bits per heavy atom. The highest BCUT2D eigenvalue weighted by atomic mass is 35.5. The number of hydrogen-bond acceptors (Lipinski definition) is 3. The van der Waals surface area contributed by atoms with E-state index in [1.165, 1.54) is 19.3 Å². The van der Waals surface area contributed by atoms with Crippen LogP contribution in [-0.4, -0.2) is 21.3 Å². The number of imidazole rings is 1. The van der Waals surface area contributed by atoms with Crippen LogP contribution in [-0.2, 0) is 11.2 Å². The first-order chi connectivity index (χ1) is 12.6. The zero-order valence-electron chi connectivity index (χ0n) is 14.7.